The number of carbonyl (C=O) groups is 2. The smallest absolute Gasteiger partial charge is 0.344 e. The SMILES string of the molecule is CC(=O)Nc1ccc(NC(=O)[C@@H]2CN(c3ccc(C#N)c(C(F)(F)F)c3)[C@@H](C)O2)c(Cl)c1. The zero-order chi connectivity index (χ0) is 23.6. The first-order valence-corrected chi connectivity index (χ1v) is 9.79. The van der Waals surface area contributed by atoms with Gasteiger partial charge in [-0.15, -0.1) is 0 Å². The number of ether oxygens (including phenoxy) is 1. The molecule has 0 radical (unpaired) electrons. The van der Waals surface area contributed by atoms with Crippen LogP contribution in [0.15, 0.2) is 36.4 Å². The van der Waals surface area contributed by atoms with Crippen molar-refractivity contribution in [3.8, 4) is 6.07 Å². The summed E-state index contributed by atoms with van der Waals surface area (Å²) in [6, 6.07) is 9.42. The van der Waals surface area contributed by atoms with Gasteiger partial charge in [-0.05, 0) is 43.3 Å². The lowest BCUT2D eigenvalue weighted by atomic mass is 10.1. The van der Waals surface area contributed by atoms with Gasteiger partial charge in [0.15, 0.2) is 6.10 Å². The first kappa shape index (κ1) is 23.4. The first-order valence-electron chi connectivity index (χ1n) is 9.41. The van der Waals surface area contributed by atoms with E-state index in [-0.39, 0.29) is 23.2 Å². The topological polar surface area (TPSA) is 94.5 Å². The van der Waals surface area contributed by atoms with Gasteiger partial charge in [0.1, 0.15) is 6.23 Å². The fraction of sp³-hybridized carbons (Fsp3) is 0.286. The number of rotatable bonds is 4. The van der Waals surface area contributed by atoms with Gasteiger partial charge in [-0.2, -0.15) is 18.4 Å². The molecule has 1 aliphatic rings. The van der Waals surface area contributed by atoms with E-state index in [1.54, 1.807) is 13.0 Å². The maximum absolute atomic E-state index is 13.3. The second kappa shape index (κ2) is 9.06. The molecule has 168 valence electrons. The number of hydrogen-bond donors (Lipinski definition) is 2. The standard InChI is InChI=1S/C21H18ClF3N4O3/c1-11(30)27-14-4-6-18(17(22)7-14)28-20(31)19-10-29(12(2)32-19)15-5-3-13(9-26)16(8-15)21(23,24)25/h3-8,12,19H,10H2,1-2H3,(H,27,30)(H,28,31)/t12-,19+/m1/s1. The van der Waals surface area contributed by atoms with Gasteiger partial charge in [0, 0.05) is 18.3 Å². The lowest BCUT2D eigenvalue weighted by Crippen LogP contribution is -2.32. The number of amides is 2. The van der Waals surface area contributed by atoms with Crippen LogP contribution in [0.3, 0.4) is 0 Å². The van der Waals surface area contributed by atoms with Crippen molar-refractivity contribution in [2.24, 2.45) is 0 Å². The molecule has 2 atom stereocenters. The second-order valence-electron chi connectivity index (χ2n) is 7.08. The van der Waals surface area contributed by atoms with Crippen LogP contribution in [-0.2, 0) is 20.5 Å². The zero-order valence-corrected chi connectivity index (χ0v) is 17.7. The highest BCUT2D eigenvalue weighted by Crippen LogP contribution is 2.36. The van der Waals surface area contributed by atoms with Crippen molar-refractivity contribution in [2.75, 3.05) is 22.1 Å². The van der Waals surface area contributed by atoms with Gasteiger partial charge >= 0.3 is 6.18 Å². The monoisotopic (exact) mass is 466 g/mol. The van der Waals surface area contributed by atoms with Crippen LogP contribution in [0.5, 0.6) is 0 Å². The molecule has 1 saturated heterocycles. The summed E-state index contributed by atoms with van der Waals surface area (Å²) in [5.41, 5.74) is -0.613. The number of carbonyl (C=O) groups excluding carboxylic acids is 2. The normalized spacial score (nSPS) is 18.2. The van der Waals surface area contributed by atoms with Crippen LogP contribution in [0, 0.1) is 11.3 Å². The molecular formula is C21H18ClF3N4O3. The Morgan fingerprint density at radius 2 is 1.94 bits per heavy atom. The Morgan fingerprint density at radius 3 is 2.53 bits per heavy atom. The number of benzene rings is 2. The number of alkyl halides is 3. The Balaban J connectivity index is 1.75. The number of hydrogen-bond acceptors (Lipinski definition) is 5. The van der Waals surface area contributed by atoms with Gasteiger partial charge in [-0.25, -0.2) is 0 Å². The van der Waals surface area contributed by atoms with E-state index in [0.29, 0.717) is 11.4 Å². The maximum Gasteiger partial charge on any atom is 0.417 e. The highest BCUT2D eigenvalue weighted by Gasteiger charge is 2.38. The van der Waals surface area contributed by atoms with E-state index < -0.39 is 35.5 Å². The van der Waals surface area contributed by atoms with Crippen molar-refractivity contribution in [1.29, 1.82) is 5.26 Å². The van der Waals surface area contributed by atoms with Crippen LogP contribution in [0.25, 0.3) is 0 Å². The highest BCUT2D eigenvalue weighted by atomic mass is 35.5. The van der Waals surface area contributed by atoms with E-state index >= 15 is 0 Å². The molecule has 0 saturated carbocycles. The molecule has 11 heteroatoms. The zero-order valence-electron chi connectivity index (χ0n) is 17.0. The van der Waals surface area contributed by atoms with Crippen molar-refractivity contribution in [3.05, 3.63) is 52.5 Å². The molecule has 2 N–H and O–H groups in total. The summed E-state index contributed by atoms with van der Waals surface area (Å²) in [7, 11) is 0. The number of nitriles is 1. The highest BCUT2D eigenvalue weighted by molar-refractivity contribution is 6.34. The van der Waals surface area contributed by atoms with Gasteiger partial charge in [-0.1, -0.05) is 11.6 Å². The van der Waals surface area contributed by atoms with Crippen LogP contribution in [-0.4, -0.2) is 30.7 Å². The Kier molecular flexibility index (Phi) is 6.62. The molecule has 0 unspecified atom stereocenters. The maximum atomic E-state index is 13.3. The summed E-state index contributed by atoms with van der Waals surface area (Å²) in [4.78, 5) is 25.3. The van der Waals surface area contributed by atoms with Crippen molar-refractivity contribution in [1.82, 2.24) is 0 Å². The Morgan fingerprint density at radius 1 is 1.22 bits per heavy atom. The third-order valence-corrected chi connectivity index (χ3v) is 5.08. The van der Waals surface area contributed by atoms with E-state index in [2.05, 4.69) is 10.6 Å². The van der Waals surface area contributed by atoms with E-state index in [9.17, 15) is 22.8 Å². The summed E-state index contributed by atoms with van der Waals surface area (Å²) in [6.45, 7) is 2.95. The van der Waals surface area contributed by atoms with Gasteiger partial charge in [0.25, 0.3) is 5.91 Å². The van der Waals surface area contributed by atoms with E-state index in [1.807, 2.05) is 0 Å². The van der Waals surface area contributed by atoms with Crippen LogP contribution >= 0.6 is 11.6 Å². The predicted molar refractivity (Wildman–Crippen MR) is 112 cm³/mol. The number of nitrogens with one attached hydrogen (secondary N) is 2. The molecule has 2 aromatic carbocycles. The second-order valence-corrected chi connectivity index (χ2v) is 7.49. The minimum absolute atomic E-state index is 0.00219. The lowest BCUT2D eigenvalue weighted by molar-refractivity contribution is -0.137. The fourth-order valence-corrected chi connectivity index (χ4v) is 3.52. The average Bonchev–Trinajstić information content (AvgIpc) is 3.10. The summed E-state index contributed by atoms with van der Waals surface area (Å²) >= 11 is 6.16. The molecule has 2 amide bonds. The lowest BCUT2D eigenvalue weighted by Gasteiger charge is -2.23. The average molecular weight is 467 g/mol. The van der Waals surface area contributed by atoms with E-state index in [1.165, 1.54) is 36.1 Å². The van der Waals surface area contributed by atoms with Crippen LogP contribution in [0.4, 0.5) is 30.2 Å². The third-order valence-electron chi connectivity index (χ3n) is 4.76. The quantitative estimate of drug-likeness (QED) is 0.697. The summed E-state index contributed by atoms with van der Waals surface area (Å²) in [5, 5.41) is 14.3. The number of halogens is 4. The minimum atomic E-state index is -4.69. The first-order chi connectivity index (χ1) is 15.0. The van der Waals surface area contributed by atoms with E-state index in [4.69, 9.17) is 21.6 Å². The Labute approximate surface area is 186 Å². The Hall–Kier alpha value is -3.29. The van der Waals surface area contributed by atoms with Crippen molar-refractivity contribution in [3.63, 3.8) is 0 Å². The number of anilines is 3. The van der Waals surface area contributed by atoms with Crippen LogP contribution in [0.2, 0.25) is 5.02 Å². The summed E-state index contributed by atoms with van der Waals surface area (Å²) in [6.07, 6.45) is -6.35. The van der Waals surface area contributed by atoms with Crippen molar-refractivity contribution >= 4 is 40.5 Å². The molecule has 0 bridgehead atoms. The van der Waals surface area contributed by atoms with E-state index in [0.717, 1.165) is 12.1 Å². The Bertz CT molecular complexity index is 1100. The third kappa shape index (κ3) is 5.12. The molecule has 0 aromatic heterocycles. The minimum Gasteiger partial charge on any atom is -0.344 e. The molecule has 1 fully saturated rings. The van der Waals surface area contributed by atoms with Gasteiger partial charge < -0.3 is 20.3 Å². The van der Waals surface area contributed by atoms with Gasteiger partial charge in [0.2, 0.25) is 5.91 Å². The molecule has 0 aliphatic carbocycles. The van der Waals surface area contributed by atoms with Crippen molar-refractivity contribution < 1.29 is 27.5 Å². The predicted octanol–water partition coefficient (Wildman–Crippen LogP) is 4.38. The molecule has 1 heterocycles. The largest absolute Gasteiger partial charge is 0.417 e. The van der Waals surface area contributed by atoms with Crippen LogP contribution in [0.1, 0.15) is 25.0 Å². The molecule has 1 aliphatic heterocycles. The van der Waals surface area contributed by atoms with Gasteiger partial charge in [0.05, 0.1) is 34.5 Å². The summed E-state index contributed by atoms with van der Waals surface area (Å²) in [5.74, 6) is -0.805. The summed E-state index contributed by atoms with van der Waals surface area (Å²) < 4.78 is 45.5. The molecule has 2 aromatic rings. The van der Waals surface area contributed by atoms with Crippen LogP contribution < -0.4 is 15.5 Å². The fourth-order valence-electron chi connectivity index (χ4n) is 3.29. The molecule has 3 rings (SSSR count). The molecular weight excluding hydrogens is 449 g/mol. The van der Waals surface area contributed by atoms with Gasteiger partial charge in [-0.3, -0.25) is 9.59 Å². The molecule has 32 heavy (non-hydrogen) atoms. The molecule has 0 spiro atoms. The number of nitrogens with zero attached hydrogens (tertiary/aromatic N) is 2. The molecule has 7 nitrogen and oxygen atoms in total. The van der Waals surface area contributed by atoms with Crippen molar-refractivity contribution in [2.45, 2.75) is 32.4 Å².